The van der Waals surface area contributed by atoms with Crippen molar-refractivity contribution in [1.82, 2.24) is 25.3 Å². The van der Waals surface area contributed by atoms with E-state index in [1.807, 2.05) is 49.2 Å². The molecular formula is C34H44N6O4. The summed E-state index contributed by atoms with van der Waals surface area (Å²) >= 11 is 0. The maximum atomic E-state index is 14.1. The number of methoxy groups -OCH3 is 1. The fourth-order valence-electron chi connectivity index (χ4n) is 6.40. The summed E-state index contributed by atoms with van der Waals surface area (Å²) in [5.41, 5.74) is 3.07. The second kappa shape index (κ2) is 12.9. The molecule has 3 aromatic rings. The van der Waals surface area contributed by atoms with Gasteiger partial charge in [-0.1, -0.05) is 18.2 Å². The first-order chi connectivity index (χ1) is 21.3. The molecule has 2 aliphatic heterocycles. The van der Waals surface area contributed by atoms with E-state index >= 15 is 0 Å². The number of rotatable bonds is 10. The van der Waals surface area contributed by atoms with Gasteiger partial charge >= 0.3 is 0 Å². The number of hydrogen-bond acceptors (Lipinski definition) is 7. The SMILES string of the molecule is COc1cc(-c2cn[nH]c2)ccc1CN(C(=O)C1CCCN(c2cccc(OC(C)(C)C(=O)N3CCNCC3)c2)C1)C1CC1. The van der Waals surface area contributed by atoms with Gasteiger partial charge in [-0.15, -0.1) is 0 Å². The molecule has 234 valence electrons. The van der Waals surface area contributed by atoms with Gasteiger partial charge < -0.3 is 29.5 Å². The number of ether oxygens (including phenoxy) is 2. The lowest BCUT2D eigenvalue weighted by Crippen LogP contribution is -2.54. The molecule has 1 unspecified atom stereocenters. The van der Waals surface area contributed by atoms with Crippen molar-refractivity contribution in [2.24, 2.45) is 5.92 Å². The van der Waals surface area contributed by atoms with Gasteiger partial charge in [0, 0.05) is 80.9 Å². The van der Waals surface area contributed by atoms with Crippen molar-refractivity contribution < 1.29 is 19.1 Å². The molecule has 1 atom stereocenters. The monoisotopic (exact) mass is 600 g/mol. The van der Waals surface area contributed by atoms with Crippen LogP contribution >= 0.6 is 0 Å². The lowest BCUT2D eigenvalue weighted by molar-refractivity contribution is -0.146. The summed E-state index contributed by atoms with van der Waals surface area (Å²) in [5, 5.41) is 10.2. The number of amides is 2. The molecule has 2 N–H and O–H groups in total. The van der Waals surface area contributed by atoms with Gasteiger partial charge in [0.2, 0.25) is 5.91 Å². The average Bonchev–Trinajstić information content (AvgIpc) is 3.75. The molecule has 3 aliphatic rings. The number of nitrogens with one attached hydrogen (secondary N) is 2. The maximum Gasteiger partial charge on any atom is 0.266 e. The Labute approximate surface area is 259 Å². The highest BCUT2D eigenvalue weighted by molar-refractivity contribution is 5.85. The zero-order chi connectivity index (χ0) is 30.7. The molecule has 10 nitrogen and oxygen atoms in total. The van der Waals surface area contributed by atoms with Gasteiger partial charge in [0.05, 0.1) is 19.2 Å². The van der Waals surface area contributed by atoms with Crippen LogP contribution in [0.1, 0.15) is 45.1 Å². The van der Waals surface area contributed by atoms with Gasteiger partial charge in [0.25, 0.3) is 5.91 Å². The number of nitrogens with zero attached hydrogens (tertiary/aromatic N) is 4. The number of piperazine rings is 1. The fourth-order valence-corrected chi connectivity index (χ4v) is 6.40. The molecule has 1 saturated carbocycles. The molecule has 1 aliphatic carbocycles. The Morgan fingerprint density at radius 1 is 1.05 bits per heavy atom. The van der Waals surface area contributed by atoms with Crippen molar-refractivity contribution in [3.63, 3.8) is 0 Å². The number of anilines is 1. The van der Waals surface area contributed by atoms with Crippen LogP contribution < -0.4 is 19.7 Å². The van der Waals surface area contributed by atoms with E-state index in [1.54, 1.807) is 13.3 Å². The Balaban J connectivity index is 1.13. The number of benzene rings is 2. The molecule has 0 bridgehead atoms. The third-order valence-corrected chi connectivity index (χ3v) is 8.98. The lowest BCUT2D eigenvalue weighted by Gasteiger charge is -2.37. The van der Waals surface area contributed by atoms with E-state index in [4.69, 9.17) is 9.47 Å². The highest BCUT2D eigenvalue weighted by Crippen LogP contribution is 2.35. The van der Waals surface area contributed by atoms with Crippen LogP contribution in [0.15, 0.2) is 54.9 Å². The Hall–Kier alpha value is -4.05. The van der Waals surface area contributed by atoms with E-state index < -0.39 is 5.60 Å². The van der Waals surface area contributed by atoms with Crippen LogP contribution in [0.5, 0.6) is 11.5 Å². The summed E-state index contributed by atoms with van der Waals surface area (Å²) in [4.78, 5) is 33.5. The van der Waals surface area contributed by atoms with Crippen LogP contribution in [0.4, 0.5) is 5.69 Å². The van der Waals surface area contributed by atoms with E-state index in [2.05, 4.69) is 43.5 Å². The highest BCUT2D eigenvalue weighted by atomic mass is 16.5. The van der Waals surface area contributed by atoms with Crippen molar-refractivity contribution in [1.29, 1.82) is 0 Å². The summed E-state index contributed by atoms with van der Waals surface area (Å²) in [7, 11) is 1.68. The second-order valence-corrected chi connectivity index (χ2v) is 12.6. The topological polar surface area (TPSA) is 103 Å². The standard InChI is InChI=1S/C34H44N6O4/c1-34(2,33(42)38-16-13-35-14-17-38)44-30-8-4-7-29(19-30)39-15-5-6-26(22-39)32(41)40(28-11-12-28)23-25-10-9-24(18-31(25)43-3)27-20-36-37-21-27/h4,7-10,18-21,26,28,35H,5-6,11-17,22-23H2,1-3H3,(H,36,37). The largest absolute Gasteiger partial charge is 0.496 e. The van der Waals surface area contributed by atoms with Gasteiger partial charge in [0.1, 0.15) is 11.5 Å². The number of carbonyl (C=O) groups excluding carboxylic acids is 2. The first kappa shape index (κ1) is 30.0. The molecule has 3 fully saturated rings. The molecule has 10 heteroatoms. The van der Waals surface area contributed by atoms with Crippen LogP contribution in [0.2, 0.25) is 0 Å². The maximum absolute atomic E-state index is 14.1. The molecule has 1 aromatic heterocycles. The van der Waals surface area contributed by atoms with Crippen LogP contribution in [0, 0.1) is 5.92 Å². The average molecular weight is 601 g/mol. The molecule has 0 spiro atoms. The first-order valence-corrected chi connectivity index (χ1v) is 15.8. The Bertz CT molecular complexity index is 1450. The number of aromatic amines is 1. The molecule has 3 heterocycles. The van der Waals surface area contributed by atoms with E-state index in [9.17, 15) is 9.59 Å². The minimum Gasteiger partial charge on any atom is -0.496 e. The fraction of sp³-hybridized carbons (Fsp3) is 0.500. The third-order valence-electron chi connectivity index (χ3n) is 8.98. The molecule has 2 saturated heterocycles. The molecular weight excluding hydrogens is 556 g/mol. The van der Waals surface area contributed by atoms with Crippen LogP contribution in [0.25, 0.3) is 11.1 Å². The van der Waals surface area contributed by atoms with E-state index in [1.165, 1.54) is 0 Å². The number of H-pyrrole nitrogens is 1. The molecule has 2 aromatic carbocycles. The van der Waals surface area contributed by atoms with Crippen LogP contribution in [0.3, 0.4) is 0 Å². The minimum atomic E-state index is -0.973. The molecule has 6 rings (SSSR count). The van der Waals surface area contributed by atoms with Gasteiger partial charge in [0.15, 0.2) is 5.60 Å². The predicted octanol–water partition coefficient (Wildman–Crippen LogP) is 4.08. The third kappa shape index (κ3) is 6.70. The minimum absolute atomic E-state index is 0.000882. The summed E-state index contributed by atoms with van der Waals surface area (Å²) in [5.74, 6) is 1.57. The number of piperidine rings is 1. The summed E-state index contributed by atoms with van der Waals surface area (Å²) in [6.07, 6.45) is 7.55. The molecule has 0 radical (unpaired) electrons. The van der Waals surface area contributed by atoms with Gasteiger partial charge in [-0.25, -0.2) is 0 Å². The summed E-state index contributed by atoms with van der Waals surface area (Å²) < 4.78 is 12.1. The van der Waals surface area contributed by atoms with Crippen molar-refractivity contribution in [2.45, 2.75) is 57.7 Å². The Morgan fingerprint density at radius 3 is 2.59 bits per heavy atom. The first-order valence-electron chi connectivity index (χ1n) is 15.8. The zero-order valence-corrected chi connectivity index (χ0v) is 26.1. The highest BCUT2D eigenvalue weighted by Gasteiger charge is 2.38. The van der Waals surface area contributed by atoms with Crippen molar-refractivity contribution in [3.05, 3.63) is 60.4 Å². The Kier molecular flexibility index (Phi) is 8.79. The van der Waals surface area contributed by atoms with E-state index in [-0.39, 0.29) is 23.8 Å². The van der Waals surface area contributed by atoms with E-state index in [0.717, 1.165) is 73.4 Å². The zero-order valence-electron chi connectivity index (χ0n) is 26.1. The van der Waals surface area contributed by atoms with Gasteiger partial charge in [-0.2, -0.15) is 5.10 Å². The Morgan fingerprint density at radius 2 is 1.86 bits per heavy atom. The quantitative estimate of drug-likeness (QED) is 0.362. The van der Waals surface area contributed by atoms with Crippen molar-refractivity contribution in [3.8, 4) is 22.6 Å². The summed E-state index contributed by atoms with van der Waals surface area (Å²) in [6, 6.07) is 14.4. The van der Waals surface area contributed by atoms with Gasteiger partial charge in [-0.3, -0.25) is 14.7 Å². The van der Waals surface area contributed by atoms with Gasteiger partial charge in [-0.05, 0) is 63.3 Å². The normalized spacial score (nSPS) is 19.0. The van der Waals surface area contributed by atoms with E-state index in [0.29, 0.717) is 31.9 Å². The lowest BCUT2D eigenvalue weighted by atomic mass is 9.95. The van der Waals surface area contributed by atoms with Crippen LogP contribution in [-0.4, -0.2) is 89.8 Å². The smallest absolute Gasteiger partial charge is 0.266 e. The molecule has 2 amide bonds. The number of hydrogen-bond donors (Lipinski definition) is 2. The molecule has 44 heavy (non-hydrogen) atoms. The predicted molar refractivity (Wildman–Crippen MR) is 170 cm³/mol. The summed E-state index contributed by atoms with van der Waals surface area (Å²) in [6.45, 7) is 8.74. The number of aromatic nitrogens is 2. The number of carbonyl (C=O) groups is 2. The van der Waals surface area contributed by atoms with Crippen molar-refractivity contribution in [2.75, 3.05) is 51.3 Å². The van der Waals surface area contributed by atoms with Crippen molar-refractivity contribution >= 4 is 17.5 Å². The van der Waals surface area contributed by atoms with Crippen LogP contribution in [-0.2, 0) is 16.1 Å². The second-order valence-electron chi connectivity index (χ2n) is 12.6.